The Morgan fingerprint density at radius 1 is 1.15 bits per heavy atom. The van der Waals surface area contributed by atoms with Crippen LogP contribution < -0.4 is 5.32 Å². The lowest BCUT2D eigenvalue weighted by Gasteiger charge is -2.10. The van der Waals surface area contributed by atoms with Gasteiger partial charge in [-0.1, -0.05) is 18.2 Å². The summed E-state index contributed by atoms with van der Waals surface area (Å²) >= 11 is 0. The molecule has 1 N–H and O–H groups in total. The molecule has 1 aromatic carbocycles. The Hall–Kier alpha value is -2.36. The zero-order chi connectivity index (χ0) is 13.9. The lowest BCUT2D eigenvalue weighted by Crippen LogP contribution is -2.08. The normalized spacial score (nSPS) is 10.9. The van der Waals surface area contributed by atoms with Crippen LogP contribution in [0.1, 0.15) is 18.3 Å². The van der Waals surface area contributed by atoms with Crippen molar-refractivity contribution in [2.45, 2.75) is 26.9 Å². The van der Waals surface area contributed by atoms with Gasteiger partial charge < -0.3 is 5.32 Å². The minimum absolute atomic E-state index is 0.753. The first kappa shape index (κ1) is 12.7. The number of aromatic nitrogens is 3. The van der Waals surface area contributed by atoms with E-state index in [1.807, 2.05) is 29.9 Å². The van der Waals surface area contributed by atoms with Gasteiger partial charge in [0.15, 0.2) is 0 Å². The van der Waals surface area contributed by atoms with E-state index in [0.29, 0.717) is 0 Å². The Morgan fingerprint density at radius 2 is 2.05 bits per heavy atom. The third-order valence-electron chi connectivity index (χ3n) is 3.42. The van der Waals surface area contributed by atoms with E-state index in [1.165, 1.54) is 5.69 Å². The van der Waals surface area contributed by atoms with E-state index in [2.05, 4.69) is 46.6 Å². The lowest BCUT2D eigenvalue weighted by atomic mass is 10.1. The lowest BCUT2D eigenvalue weighted by molar-refractivity contribution is 0.628. The Morgan fingerprint density at radius 3 is 2.90 bits per heavy atom. The number of hydrogen-bond acceptors (Lipinski definition) is 3. The van der Waals surface area contributed by atoms with Gasteiger partial charge in [-0.05, 0) is 32.0 Å². The molecule has 3 aromatic rings. The highest BCUT2D eigenvalue weighted by molar-refractivity contribution is 5.90. The summed E-state index contributed by atoms with van der Waals surface area (Å²) in [5.41, 5.74) is 4.30. The highest BCUT2D eigenvalue weighted by Gasteiger charge is 2.04. The number of nitrogens with zero attached hydrogens (tertiary/aromatic N) is 3. The predicted octanol–water partition coefficient (Wildman–Crippen LogP) is 3.37. The molecule has 102 valence electrons. The largest absolute Gasteiger partial charge is 0.378 e. The fraction of sp³-hybridized carbons (Fsp3) is 0.250. The van der Waals surface area contributed by atoms with E-state index < -0.39 is 0 Å². The molecule has 3 rings (SSSR count). The van der Waals surface area contributed by atoms with E-state index in [1.54, 1.807) is 0 Å². The molecule has 2 aromatic heterocycles. The van der Waals surface area contributed by atoms with Crippen molar-refractivity contribution in [2.75, 3.05) is 5.32 Å². The number of fused-ring (bicyclic) bond motifs is 1. The van der Waals surface area contributed by atoms with Crippen molar-refractivity contribution in [2.24, 2.45) is 0 Å². The van der Waals surface area contributed by atoms with Gasteiger partial charge in [-0.15, -0.1) is 0 Å². The molecule has 0 aliphatic rings. The first-order valence-electron chi connectivity index (χ1n) is 6.89. The number of para-hydroxylation sites is 1. The van der Waals surface area contributed by atoms with Crippen molar-refractivity contribution < 1.29 is 0 Å². The fourth-order valence-corrected chi connectivity index (χ4v) is 2.37. The molecule has 0 saturated carbocycles. The number of rotatable bonds is 4. The highest BCUT2D eigenvalue weighted by atomic mass is 15.3. The zero-order valence-electron chi connectivity index (χ0n) is 11.8. The summed E-state index contributed by atoms with van der Waals surface area (Å²) in [6, 6.07) is 12.4. The minimum atomic E-state index is 0.753. The maximum absolute atomic E-state index is 4.63. The van der Waals surface area contributed by atoms with Crippen LogP contribution in [-0.2, 0) is 13.1 Å². The van der Waals surface area contributed by atoms with Crippen LogP contribution in [0.15, 0.2) is 42.6 Å². The molecule has 20 heavy (non-hydrogen) atoms. The maximum atomic E-state index is 4.63. The van der Waals surface area contributed by atoms with Gasteiger partial charge in [0.2, 0.25) is 0 Å². The monoisotopic (exact) mass is 266 g/mol. The zero-order valence-corrected chi connectivity index (χ0v) is 11.8. The summed E-state index contributed by atoms with van der Waals surface area (Å²) in [6.07, 6.45) is 1.84. The molecule has 0 fully saturated rings. The van der Waals surface area contributed by atoms with Crippen molar-refractivity contribution in [1.82, 2.24) is 14.8 Å². The predicted molar refractivity (Wildman–Crippen MR) is 81.7 cm³/mol. The van der Waals surface area contributed by atoms with Gasteiger partial charge in [-0.25, -0.2) is 0 Å². The summed E-state index contributed by atoms with van der Waals surface area (Å²) in [5.74, 6) is 0. The van der Waals surface area contributed by atoms with E-state index >= 15 is 0 Å². The Labute approximate surface area is 118 Å². The molecule has 4 heteroatoms. The van der Waals surface area contributed by atoms with Gasteiger partial charge in [0, 0.05) is 23.8 Å². The summed E-state index contributed by atoms with van der Waals surface area (Å²) in [5, 5.41) is 8.91. The van der Waals surface area contributed by atoms with Gasteiger partial charge in [0.05, 0.1) is 23.4 Å². The van der Waals surface area contributed by atoms with E-state index in [9.17, 15) is 0 Å². The molecule has 4 nitrogen and oxygen atoms in total. The second-order valence-corrected chi connectivity index (χ2v) is 4.82. The molecular formula is C16H18N4. The second-order valence-electron chi connectivity index (χ2n) is 4.82. The van der Waals surface area contributed by atoms with Crippen molar-refractivity contribution in [3.05, 3.63) is 54.0 Å². The average molecular weight is 266 g/mol. The van der Waals surface area contributed by atoms with Crippen LogP contribution in [0.3, 0.4) is 0 Å². The van der Waals surface area contributed by atoms with E-state index in [4.69, 9.17) is 0 Å². The molecule has 0 aliphatic carbocycles. The molecule has 2 heterocycles. The smallest absolute Gasteiger partial charge is 0.0936 e. The number of aryl methyl sites for hydroxylation is 2. The minimum Gasteiger partial charge on any atom is -0.378 e. The van der Waals surface area contributed by atoms with E-state index in [0.717, 1.165) is 35.4 Å². The standard InChI is InChI=1S/C16H18N4/c1-3-20-14(9-10-18-20)11-17-15-6-4-5-13-8-7-12(2)19-16(13)15/h4-10,17H,3,11H2,1-2H3. The first-order chi connectivity index (χ1) is 9.78. The van der Waals surface area contributed by atoms with Crippen molar-refractivity contribution in [3.63, 3.8) is 0 Å². The summed E-state index contributed by atoms with van der Waals surface area (Å²) < 4.78 is 2.00. The van der Waals surface area contributed by atoms with Gasteiger partial charge >= 0.3 is 0 Å². The topological polar surface area (TPSA) is 42.7 Å². The molecule has 0 saturated heterocycles. The van der Waals surface area contributed by atoms with Crippen LogP contribution in [0.2, 0.25) is 0 Å². The van der Waals surface area contributed by atoms with Gasteiger partial charge in [-0.3, -0.25) is 9.67 Å². The number of anilines is 1. The molecule has 0 radical (unpaired) electrons. The quantitative estimate of drug-likeness (QED) is 0.787. The Bertz CT molecular complexity index is 730. The van der Waals surface area contributed by atoms with Gasteiger partial charge in [0.1, 0.15) is 0 Å². The molecular weight excluding hydrogens is 248 g/mol. The maximum Gasteiger partial charge on any atom is 0.0936 e. The summed E-state index contributed by atoms with van der Waals surface area (Å²) in [4.78, 5) is 4.63. The van der Waals surface area contributed by atoms with Crippen LogP contribution in [-0.4, -0.2) is 14.8 Å². The molecule has 0 atom stereocenters. The molecule has 0 bridgehead atoms. The van der Waals surface area contributed by atoms with Crippen molar-refractivity contribution in [1.29, 1.82) is 0 Å². The SMILES string of the molecule is CCn1nccc1CNc1cccc2ccc(C)nc12. The Kier molecular flexibility index (Phi) is 3.37. The number of pyridine rings is 1. The van der Waals surface area contributed by atoms with Crippen LogP contribution in [0.25, 0.3) is 10.9 Å². The second kappa shape index (κ2) is 5.33. The van der Waals surface area contributed by atoms with Crippen LogP contribution in [0.5, 0.6) is 0 Å². The number of benzene rings is 1. The van der Waals surface area contributed by atoms with Gasteiger partial charge in [-0.2, -0.15) is 5.10 Å². The third kappa shape index (κ3) is 2.37. The molecule has 0 aliphatic heterocycles. The Balaban J connectivity index is 1.89. The summed E-state index contributed by atoms with van der Waals surface area (Å²) in [7, 11) is 0. The highest BCUT2D eigenvalue weighted by Crippen LogP contribution is 2.22. The third-order valence-corrected chi connectivity index (χ3v) is 3.42. The number of nitrogens with one attached hydrogen (secondary N) is 1. The molecule has 0 spiro atoms. The van der Waals surface area contributed by atoms with Crippen LogP contribution >= 0.6 is 0 Å². The average Bonchev–Trinajstić information content (AvgIpc) is 2.92. The molecule has 0 amide bonds. The van der Waals surface area contributed by atoms with Crippen molar-refractivity contribution >= 4 is 16.6 Å². The van der Waals surface area contributed by atoms with Crippen LogP contribution in [0.4, 0.5) is 5.69 Å². The fourth-order valence-electron chi connectivity index (χ4n) is 2.37. The molecule has 0 unspecified atom stereocenters. The van der Waals surface area contributed by atoms with E-state index in [-0.39, 0.29) is 0 Å². The van der Waals surface area contributed by atoms with Crippen molar-refractivity contribution in [3.8, 4) is 0 Å². The number of hydrogen-bond donors (Lipinski definition) is 1. The first-order valence-corrected chi connectivity index (χ1v) is 6.89. The van der Waals surface area contributed by atoms with Crippen LogP contribution in [0, 0.1) is 6.92 Å². The summed E-state index contributed by atoms with van der Waals surface area (Å²) in [6.45, 7) is 5.75. The van der Waals surface area contributed by atoms with Gasteiger partial charge in [0.25, 0.3) is 0 Å².